The molecule has 0 atom stereocenters. The van der Waals surface area contributed by atoms with E-state index >= 15 is 0 Å². The van der Waals surface area contributed by atoms with Crippen LogP contribution >= 0.6 is 0 Å². The van der Waals surface area contributed by atoms with E-state index in [1.54, 1.807) is 11.0 Å². The fraction of sp³-hybridized carbons (Fsp3) is 0.333. The van der Waals surface area contributed by atoms with Gasteiger partial charge in [-0.25, -0.2) is 0 Å². The monoisotopic (exact) mass is 352 g/mol. The van der Waals surface area contributed by atoms with Gasteiger partial charge in [-0.15, -0.1) is 0 Å². The summed E-state index contributed by atoms with van der Waals surface area (Å²) in [5, 5.41) is 2.92. The Labute approximate surface area is 154 Å². The lowest BCUT2D eigenvalue weighted by Gasteiger charge is -2.29. The fourth-order valence-corrected chi connectivity index (χ4v) is 2.88. The zero-order valence-corrected chi connectivity index (χ0v) is 15.4. The van der Waals surface area contributed by atoms with Crippen LogP contribution in [0, 0.1) is 12.8 Å². The molecule has 1 N–H and O–H groups in total. The van der Waals surface area contributed by atoms with Gasteiger partial charge in [0, 0.05) is 12.1 Å². The number of amides is 2. The van der Waals surface area contributed by atoms with Crippen molar-refractivity contribution in [1.29, 1.82) is 0 Å². The number of benzene rings is 2. The van der Waals surface area contributed by atoms with Crippen LogP contribution in [0.5, 0.6) is 5.75 Å². The summed E-state index contributed by atoms with van der Waals surface area (Å²) >= 11 is 0. The molecular formula is C21H24N2O3. The predicted molar refractivity (Wildman–Crippen MR) is 101 cm³/mol. The first-order valence-electron chi connectivity index (χ1n) is 8.85. The minimum Gasteiger partial charge on any atom is -0.482 e. The normalized spacial score (nSPS) is 13.4. The molecule has 0 spiro atoms. The van der Waals surface area contributed by atoms with Crippen molar-refractivity contribution in [2.75, 3.05) is 18.1 Å². The molecule has 2 amide bonds. The maximum atomic E-state index is 12.4. The van der Waals surface area contributed by atoms with Gasteiger partial charge in [0.25, 0.3) is 11.8 Å². The number of rotatable bonds is 5. The summed E-state index contributed by atoms with van der Waals surface area (Å²) in [7, 11) is 0. The molecule has 1 heterocycles. The van der Waals surface area contributed by atoms with Crippen molar-refractivity contribution in [2.24, 2.45) is 5.92 Å². The highest BCUT2D eigenvalue weighted by atomic mass is 16.5. The maximum absolute atomic E-state index is 12.4. The van der Waals surface area contributed by atoms with Crippen LogP contribution in [-0.2, 0) is 11.3 Å². The number of nitrogens with zero attached hydrogens (tertiary/aromatic N) is 1. The second kappa shape index (κ2) is 7.60. The first-order valence-corrected chi connectivity index (χ1v) is 8.85. The molecule has 5 nitrogen and oxygen atoms in total. The van der Waals surface area contributed by atoms with Gasteiger partial charge in [-0.3, -0.25) is 9.59 Å². The average Bonchev–Trinajstić information content (AvgIpc) is 2.62. The van der Waals surface area contributed by atoms with Crippen LogP contribution in [0.1, 0.15) is 35.3 Å². The molecule has 0 radical (unpaired) electrons. The SMILES string of the molecule is Cc1ccc2c(c1)OCC(=O)N2Cc1cccc(C(=O)NCC(C)C)c1. The quantitative estimate of drug-likeness (QED) is 0.898. The molecule has 0 aromatic heterocycles. The molecule has 0 bridgehead atoms. The van der Waals surface area contributed by atoms with Crippen LogP contribution in [0.25, 0.3) is 0 Å². The van der Waals surface area contributed by atoms with Crippen molar-refractivity contribution in [3.63, 3.8) is 0 Å². The molecule has 0 fully saturated rings. The van der Waals surface area contributed by atoms with E-state index in [1.165, 1.54) is 0 Å². The molecule has 0 aliphatic carbocycles. The Bertz CT molecular complexity index is 830. The number of carbonyl (C=O) groups excluding carboxylic acids is 2. The van der Waals surface area contributed by atoms with E-state index in [-0.39, 0.29) is 18.4 Å². The molecule has 1 aliphatic rings. The molecule has 0 saturated heterocycles. The van der Waals surface area contributed by atoms with E-state index in [2.05, 4.69) is 19.2 Å². The largest absolute Gasteiger partial charge is 0.482 e. The summed E-state index contributed by atoms with van der Waals surface area (Å²) in [5.74, 6) is 0.935. The number of anilines is 1. The first-order chi connectivity index (χ1) is 12.4. The van der Waals surface area contributed by atoms with Crippen molar-refractivity contribution >= 4 is 17.5 Å². The second-order valence-corrected chi connectivity index (χ2v) is 7.04. The van der Waals surface area contributed by atoms with Crippen molar-refractivity contribution in [3.05, 3.63) is 59.2 Å². The summed E-state index contributed by atoms with van der Waals surface area (Å²) in [5.41, 5.74) is 3.36. The van der Waals surface area contributed by atoms with Crippen LogP contribution in [0.15, 0.2) is 42.5 Å². The smallest absolute Gasteiger partial charge is 0.265 e. The summed E-state index contributed by atoms with van der Waals surface area (Å²) in [6.45, 7) is 7.18. The number of fused-ring (bicyclic) bond motifs is 1. The lowest BCUT2D eigenvalue weighted by atomic mass is 10.1. The zero-order valence-electron chi connectivity index (χ0n) is 15.4. The molecule has 3 rings (SSSR count). The van der Waals surface area contributed by atoms with Gasteiger partial charge in [-0.2, -0.15) is 0 Å². The van der Waals surface area contributed by atoms with Gasteiger partial charge in [0.2, 0.25) is 0 Å². The number of hydrogen-bond donors (Lipinski definition) is 1. The zero-order chi connectivity index (χ0) is 18.7. The van der Waals surface area contributed by atoms with Crippen molar-refractivity contribution < 1.29 is 14.3 Å². The van der Waals surface area contributed by atoms with Gasteiger partial charge >= 0.3 is 0 Å². The number of hydrogen-bond acceptors (Lipinski definition) is 3. The Morgan fingerprint density at radius 1 is 1.23 bits per heavy atom. The lowest BCUT2D eigenvalue weighted by Crippen LogP contribution is -2.38. The van der Waals surface area contributed by atoms with Crippen molar-refractivity contribution in [3.8, 4) is 5.75 Å². The molecule has 5 heteroatoms. The second-order valence-electron chi connectivity index (χ2n) is 7.04. The minimum absolute atomic E-state index is 0.0328. The Hall–Kier alpha value is -2.82. The topological polar surface area (TPSA) is 58.6 Å². The highest BCUT2D eigenvalue weighted by molar-refractivity contribution is 5.98. The van der Waals surface area contributed by atoms with Gasteiger partial charge in [0.15, 0.2) is 6.61 Å². The standard InChI is InChI=1S/C21H24N2O3/c1-14(2)11-22-21(25)17-6-4-5-16(10-17)12-23-18-8-7-15(3)9-19(18)26-13-20(23)24/h4-10,14H,11-13H2,1-3H3,(H,22,25). The average molecular weight is 352 g/mol. The van der Waals surface area contributed by atoms with Crippen LogP contribution in [-0.4, -0.2) is 25.0 Å². The summed E-state index contributed by atoms with van der Waals surface area (Å²) in [6, 6.07) is 13.2. The Balaban J connectivity index is 1.80. The van der Waals surface area contributed by atoms with Crippen LogP contribution in [0.2, 0.25) is 0 Å². The minimum atomic E-state index is -0.0927. The summed E-state index contributed by atoms with van der Waals surface area (Å²) < 4.78 is 5.55. The van der Waals surface area contributed by atoms with Gasteiger partial charge in [0.05, 0.1) is 12.2 Å². The number of aryl methyl sites for hydroxylation is 1. The lowest BCUT2D eigenvalue weighted by molar-refractivity contribution is -0.121. The third-order valence-corrected chi connectivity index (χ3v) is 4.26. The highest BCUT2D eigenvalue weighted by Gasteiger charge is 2.25. The maximum Gasteiger partial charge on any atom is 0.265 e. The van der Waals surface area contributed by atoms with Crippen LogP contribution < -0.4 is 15.0 Å². The predicted octanol–water partition coefficient (Wildman–Crippen LogP) is 3.31. The first kappa shape index (κ1) is 18.0. The number of carbonyl (C=O) groups is 2. The number of ether oxygens (including phenoxy) is 1. The molecule has 26 heavy (non-hydrogen) atoms. The van der Waals surface area contributed by atoms with E-state index in [1.807, 2.05) is 43.3 Å². The van der Waals surface area contributed by atoms with E-state index < -0.39 is 0 Å². The molecule has 0 unspecified atom stereocenters. The molecule has 1 aliphatic heterocycles. The summed E-state index contributed by atoms with van der Waals surface area (Å²) in [4.78, 5) is 26.4. The molecular weight excluding hydrogens is 328 g/mol. The van der Waals surface area contributed by atoms with Crippen molar-refractivity contribution in [2.45, 2.75) is 27.3 Å². The molecule has 136 valence electrons. The summed E-state index contributed by atoms with van der Waals surface area (Å²) in [6.07, 6.45) is 0. The van der Waals surface area contributed by atoms with Gasteiger partial charge < -0.3 is 15.0 Å². The number of nitrogens with one attached hydrogen (secondary N) is 1. The highest BCUT2D eigenvalue weighted by Crippen LogP contribution is 2.33. The van der Waals surface area contributed by atoms with E-state index in [9.17, 15) is 9.59 Å². The fourth-order valence-electron chi connectivity index (χ4n) is 2.88. The van der Waals surface area contributed by atoms with E-state index in [4.69, 9.17) is 4.74 Å². The Morgan fingerprint density at radius 2 is 2.04 bits per heavy atom. The van der Waals surface area contributed by atoms with Crippen LogP contribution in [0.4, 0.5) is 5.69 Å². The van der Waals surface area contributed by atoms with Gasteiger partial charge in [0.1, 0.15) is 5.75 Å². The molecule has 2 aromatic rings. The molecule has 0 saturated carbocycles. The third kappa shape index (κ3) is 4.04. The van der Waals surface area contributed by atoms with Gasteiger partial charge in [-0.05, 0) is 48.2 Å². The van der Waals surface area contributed by atoms with E-state index in [0.717, 1.165) is 22.6 Å². The van der Waals surface area contributed by atoms with Crippen LogP contribution in [0.3, 0.4) is 0 Å². The van der Waals surface area contributed by atoms with Crippen molar-refractivity contribution in [1.82, 2.24) is 5.32 Å². The van der Waals surface area contributed by atoms with E-state index in [0.29, 0.717) is 24.6 Å². The third-order valence-electron chi connectivity index (χ3n) is 4.26. The van der Waals surface area contributed by atoms with Gasteiger partial charge in [-0.1, -0.05) is 32.0 Å². The molecule has 2 aromatic carbocycles. The Kier molecular flexibility index (Phi) is 5.26. The Morgan fingerprint density at radius 3 is 2.81 bits per heavy atom.